The third-order valence-corrected chi connectivity index (χ3v) is 8.09. The fourth-order valence-corrected chi connectivity index (χ4v) is 4.91. The molecule has 10 heteroatoms. The van der Waals surface area contributed by atoms with Crippen LogP contribution >= 0.6 is 11.8 Å². The van der Waals surface area contributed by atoms with Crippen molar-refractivity contribution < 1.29 is 17.7 Å². The molecular formula is C25H32N4O4S2. The zero-order chi connectivity index (χ0) is 26.0. The van der Waals surface area contributed by atoms with Crippen LogP contribution in [0, 0.1) is 5.92 Å². The molecule has 188 valence electrons. The summed E-state index contributed by atoms with van der Waals surface area (Å²) in [5.74, 6) is 0.162. The molecule has 0 fully saturated rings. The average molecular weight is 517 g/mol. The number of benzene rings is 2. The van der Waals surface area contributed by atoms with Gasteiger partial charge in [0.2, 0.25) is 27.6 Å². The second-order valence-corrected chi connectivity index (χ2v) is 12.5. The first-order valence-electron chi connectivity index (χ1n) is 11.2. The summed E-state index contributed by atoms with van der Waals surface area (Å²) < 4.78 is 32.9. The number of sulfonamides is 1. The minimum atomic E-state index is -3.87. The van der Waals surface area contributed by atoms with E-state index >= 15 is 0 Å². The molecule has 0 aliphatic heterocycles. The number of anilines is 1. The van der Waals surface area contributed by atoms with E-state index in [1.165, 1.54) is 36.5 Å². The molecule has 1 amide bonds. The Balaban J connectivity index is 1.79. The highest BCUT2D eigenvalue weighted by Gasteiger charge is 2.25. The minimum Gasteiger partial charge on any atom is -0.338 e. The number of thioether (sulfide) groups is 1. The molecule has 35 heavy (non-hydrogen) atoms. The number of nitrogens with zero attached hydrogens (tertiary/aromatic N) is 3. The van der Waals surface area contributed by atoms with Crippen LogP contribution in [0.15, 0.2) is 56.8 Å². The second kappa shape index (κ2) is 10.5. The normalized spacial score (nSPS) is 12.4. The lowest BCUT2D eigenvalue weighted by atomic mass is 9.87. The highest BCUT2D eigenvalue weighted by Crippen LogP contribution is 2.30. The SMILES string of the molecule is CSc1ccc(S(=O)(=O)N(C)Cc2nc(-c3ccc(C(C)(C)C)cc3)no2)cc1NC(=O)C(C)C. The monoisotopic (exact) mass is 516 g/mol. The van der Waals surface area contributed by atoms with Gasteiger partial charge in [-0.05, 0) is 35.4 Å². The van der Waals surface area contributed by atoms with Gasteiger partial charge in [-0.2, -0.15) is 9.29 Å². The lowest BCUT2D eigenvalue weighted by Crippen LogP contribution is -2.27. The average Bonchev–Trinajstić information content (AvgIpc) is 3.26. The molecule has 0 aliphatic rings. The fourth-order valence-electron chi connectivity index (χ4n) is 3.23. The molecule has 8 nitrogen and oxygen atoms in total. The molecule has 0 saturated carbocycles. The predicted octanol–water partition coefficient (Wildman–Crippen LogP) is 5.17. The fraction of sp³-hybridized carbons (Fsp3) is 0.400. The molecule has 3 aromatic rings. The van der Waals surface area contributed by atoms with E-state index in [0.29, 0.717) is 11.5 Å². The standard InChI is InChI=1S/C25H32N4O4S2/c1-16(2)24(30)26-20-14-19(12-13-21(20)34-7)35(31,32)29(6)15-22-27-23(28-33-22)17-8-10-18(11-9-17)25(3,4)5/h8-14,16H,15H2,1-7H3,(H,26,30). The lowest BCUT2D eigenvalue weighted by molar-refractivity contribution is -0.118. The summed E-state index contributed by atoms with van der Waals surface area (Å²) in [7, 11) is -2.42. The van der Waals surface area contributed by atoms with Crippen molar-refractivity contribution in [2.75, 3.05) is 18.6 Å². The topological polar surface area (TPSA) is 105 Å². The van der Waals surface area contributed by atoms with Gasteiger partial charge in [-0.25, -0.2) is 8.42 Å². The number of amides is 1. The van der Waals surface area contributed by atoms with Gasteiger partial charge in [-0.1, -0.05) is 64.0 Å². The smallest absolute Gasteiger partial charge is 0.243 e. The van der Waals surface area contributed by atoms with Crippen molar-refractivity contribution in [3.63, 3.8) is 0 Å². The molecule has 3 rings (SSSR count). The molecule has 1 aromatic heterocycles. The van der Waals surface area contributed by atoms with Gasteiger partial charge in [-0.15, -0.1) is 11.8 Å². The Morgan fingerprint density at radius 1 is 1.14 bits per heavy atom. The van der Waals surface area contributed by atoms with Gasteiger partial charge >= 0.3 is 0 Å². The molecule has 0 aliphatic carbocycles. The van der Waals surface area contributed by atoms with Gasteiger partial charge in [0.1, 0.15) is 0 Å². The zero-order valence-electron chi connectivity index (χ0n) is 21.1. The number of carbonyl (C=O) groups is 1. The van der Waals surface area contributed by atoms with Crippen molar-refractivity contribution in [3.05, 3.63) is 53.9 Å². The Morgan fingerprint density at radius 3 is 2.37 bits per heavy atom. The van der Waals surface area contributed by atoms with Crippen LogP contribution < -0.4 is 5.32 Å². The Morgan fingerprint density at radius 2 is 1.80 bits per heavy atom. The third kappa shape index (κ3) is 6.31. The molecule has 0 unspecified atom stereocenters. The van der Waals surface area contributed by atoms with Crippen molar-refractivity contribution in [2.24, 2.45) is 5.92 Å². The van der Waals surface area contributed by atoms with E-state index in [1.54, 1.807) is 19.9 Å². The summed E-state index contributed by atoms with van der Waals surface area (Å²) in [4.78, 5) is 17.4. The third-order valence-electron chi connectivity index (χ3n) is 5.50. The summed E-state index contributed by atoms with van der Waals surface area (Å²) in [6.07, 6.45) is 1.87. The number of hydrogen-bond acceptors (Lipinski definition) is 7. The molecule has 0 saturated heterocycles. The van der Waals surface area contributed by atoms with Crippen LogP contribution in [-0.2, 0) is 26.8 Å². The van der Waals surface area contributed by atoms with Crippen LogP contribution in [0.2, 0.25) is 0 Å². The van der Waals surface area contributed by atoms with Crippen LogP contribution in [0.1, 0.15) is 46.1 Å². The summed E-state index contributed by atoms with van der Waals surface area (Å²) in [5.41, 5.74) is 2.47. The van der Waals surface area contributed by atoms with E-state index in [9.17, 15) is 13.2 Å². The molecule has 0 spiro atoms. The van der Waals surface area contributed by atoms with Gasteiger partial charge in [0.05, 0.1) is 17.1 Å². The first-order valence-corrected chi connectivity index (χ1v) is 13.9. The number of rotatable bonds is 8. The van der Waals surface area contributed by atoms with Gasteiger partial charge in [0.25, 0.3) is 0 Å². The number of carbonyl (C=O) groups excluding carboxylic acids is 1. The summed E-state index contributed by atoms with van der Waals surface area (Å²) in [6.45, 7) is 9.88. The van der Waals surface area contributed by atoms with Crippen molar-refractivity contribution in [3.8, 4) is 11.4 Å². The van der Waals surface area contributed by atoms with E-state index in [-0.39, 0.29) is 34.6 Å². The molecule has 0 radical (unpaired) electrons. The molecular weight excluding hydrogens is 484 g/mol. The summed E-state index contributed by atoms with van der Waals surface area (Å²) in [6, 6.07) is 12.6. The van der Waals surface area contributed by atoms with Gasteiger partial charge in [0.15, 0.2) is 0 Å². The molecule has 0 bridgehead atoms. The van der Waals surface area contributed by atoms with Gasteiger partial charge in [0, 0.05) is 23.4 Å². The van der Waals surface area contributed by atoms with Crippen LogP contribution in [0.5, 0.6) is 0 Å². The molecule has 2 aromatic carbocycles. The first kappa shape index (κ1) is 26.9. The highest BCUT2D eigenvalue weighted by atomic mass is 32.2. The second-order valence-electron chi connectivity index (χ2n) is 9.61. The number of aromatic nitrogens is 2. The van der Waals surface area contributed by atoms with Crippen molar-refractivity contribution in [1.29, 1.82) is 0 Å². The maximum atomic E-state index is 13.2. The van der Waals surface area contributed by atoms with Crippen molar-refractivity contribution >= 4 is 33.4 Å². The number of hydrogen-bond donors (Lipinski definition) is 1. The Hall–Kier alpha value is -2.69. The molecule has 1 heterocycles. The highest BCUT2D eigenvalue weighted by molar-refractivity contribution is 7.98. The summed E-state index contributed by atoms with van der Waals surface area (Å²) in [5, 5.41) is 6.83. The Kier molecular flexibility index (Phi) is 8.08. The van der Waals surface area contributed by atoms with E-state index in [2.05, 4.69) is 36.2 Å². The number of nitrogens with one attached hydrogen (secondary N) is 1. The van der Waals surface area contributed by atoms with Gasteiger partial charge in [-0.3, -0.25) is 4.79 Å². The molecule has 1 N–H and O–H groups in total. The zero-order valence-corrected chi connectivity index (χ0v) is 22.8. The van der Waals surface area contributed by atoms with Gasteiger partial charge < -0.3 is 9.84 Å². The first-order chi connectivity index (χ1) is 16.3. The largest absolute Gasteiger partial charge is 0.338 e. The Labute approximate surface area is 211 Å². The minimum absolute atomic E-state index is 0.0312. The van der Waals surface area contributed by atoms with Crippen molar-refractivity contribution in [2.45, 2.75) is 56.4 Å². The van der Waals surface area contributed by atoms with E-state index < -0.39 is 10.0 Å². The van der Waals surface area contributed by atoms with Crippen LogP contribution in [0.3, 0.4) is 0 Å². The maximum absolute atomic E-state index is 13.2. The van der Waals surface area contributed by atoms with Crippen molar-refractivity contribution in [1.82, 2.24) is 14.4 Å². The summed E-state index contributed by atoms with van der Waals surface area (Å²) >= 11 is 1.43. The predicted molar refractivity (Wildman–Crippen MR) is 139 cm³/mol. The van der Waals surface area contributed by atoms with Crippen LogP contribution in [-0.4, -0.2) is 42.1 Å². The van der Waals surface area contributed by atoms with Crippen LogP contribution in [0.4, 0.5) is 5.69 Å². The van der Waals surface area contributed by atoms with Crippen LogP contribution in [0.25, 0.3) is 11.4 Å². The Bertz CT molecular complexity index is 1290. The molecule has 0 atom stereocenters. The van der Waals surface area contributed by atoms with E-state index in [4.69, 9.17) is 4.52 Å². The lowest BCUT2D eigenvalue weighted by Gasteiger charge is -2.18. The van der Waals surface area contributed by atoms with E-state index in [0.717, 1.165) is 14.8 Å². The quantitative estimate of drug-likeness (QED) is 0.412. The maximum Gasteiger partial charge on any atom is 0.243 e. The van der Waals surface area contributed by atoms with E-state index in [1.807, 2.05) is 30.5 Å².